The first-order valence-electron chi connectivity index (χ1n) is 12.6. The summed E-state index contributed by atoms with van der Waals surface area (Å²) in [5.74, 6) is -0.610. The van der Waals surface area contributed by atoms with Crippen molar-refractivity contribution in [2.24, 2.45) is 0 Å². The molecule has 1 unspecified atom stereocenters. The molecule has 1 aromatic carbocycles. The molecule has 0 amide bonds. The Morgan fingerprint density at radius 2 is 1.90 bits per heavy atom. The van der Waals surface area contributed by atoms with Crippen LogP contribution in [0.4, 0.5) is 24.7 Å². The van der Waals surface area contributed by atoms with E-state index in [-0.39, 0.29) is 30.2 Å². The molecule has 2 heterocycles. The molecule has 0 saturated carbocycles. The minimum Gasteiger partial charge on any atom is -0.464 e. The molecular weight excluding hydrogens is 564 g/mol. The highest BCUT2D eigenvalue weighted by Crippen LogP contribution is 2.46. The standard InChI is InChI=1S/C25H32F3N8O4P/c1-6-11-39-23(37)24(3,4)35-41(38,34-20(25(26,27)28)17-7-9-18(30-5)10-8-17)15-40-16(2)12-36-14-33-19-21(29)31-13-32-22(19)36/h7-10,13-14,16,20H,6,11-12,15H2,1-4H3,(H2,29,31,32)(H2,34,35,38)/t16-,20+,41?/m1/s1. The smallest absolute Gasteiger partial charge is 0.408 e. The Kier molecular flexibility index (Phi) is 10.1. The topological polar surface area (TPSA) is 151 Å². The highest BCUT2D eigenvalue weighted by Gasteiger charge is 2.47. The van der Waals surface area contributed by atoms with Gasteiger partial charge in [0.1, 0.15) is 29.8 Å². The molecule has 0 aliphatic heterocycles. The lowest BCUT2D eigenvalue weighted by Gasteiger charge is -2.34. The van der Waals surface area contributed by atoms with Crippen molar-refractivity contribution in [2.45, 2.75) is 64.5 Å². The number of hydrogen-bond donors (Lipinski definition) is 3. The van der Waals surface area contributed by atoms with Gasteiger partial charge in [-0.3, -0.25) is 9.36 Å². The van der Waals surface area contributed by atoms with Crippen LogP contribution in [0.2, 0.25) is 0 Å². The van der Waals surface area contributed by atoms with Crippen LogP contribution in [-0.4, -0.2) is 56.3 Å². The summed E-state index contributed by atoms with van der Waals surface area (Å²) in [6, 6.07) is 2.32. The molecular formula is C25H32F3N8O4P. The predicted octanol–water partition coefficient (Wildman–Crippen LogP) is 4.73. The number of aromatic nitrogens is 4. The molecule has 2 aromatic heterocycles. The summed E-state index contributed by atoms with van der Waals surface area (Å²) in [6.07, 6.45) is -3.03. The molecule has 41 heavy (non-hydrogen) atoms. The lowest BCUT2D eigenvalue weighted by atomic mass is 10.1. The van der Waals surface area contributed by atoms with Crippen LogP contribution in [0, 0.1) is 6.57 Å². The second-order valence-corrected chi connectivity index (χ2v) is 12.1. The van der Waals surface area contributed by atoms with Gasteiger partial charge in [-0.2, -0.15) is 13.2 Å². The number of hydrogen-bond acceptors (Lipinski definition) is 8. The number of anilines is 1. The van der Waals surface area contributed by atoms with Gasteiger partial charge >= 0.3 is 12.1 Å². The molecule has 4 N–H and O–H groups in total. The number of fused-ring (bicyclic) bond motifs is 1. The van der Waals surface area contributed by atoms with Crippen LogP contribution in [0.25, 0.3) is 16.0 Å². The first-order valence-corrected chi connectivity index (χ1v) is 14.5. The molecule has 16 heteroatoms. The van der Waals surface area contributed by atoms with E-state index < -0.39 is 43.6 Å². The van der Waals surface area contributed by atoms with Crippen LogP contribution in [0.5, 0.6) is 0 Å². The van der Waals surface area contributed by atoms with E-state index in [1.807, 2.05) is 0 Å². The Balaban J connectivity index is 1.88. The number of nitrogens with two attached hydrogens (primary N) is 1. The van der Waals surface area contributed by atoms with Crippen molar-refractivity contribution in [1.82, 2.24) is 29.7 Å². The second-order valence-electron chi connectivity index (χ2n) is 9.85. The number of nitrogens with one attached hydrogen (secondary N) is 2. The fraction of sp³-hybridized carbons (Fsp3) is 0.480. The first kappa shape index (κ1) is 32.0. The second kappa shape index (κ2) is 12.9. The number of benzene rings is 1. The average Bonchev–Trinajstić information content (AvgIpc) is 3.32. The van der Waals surface area contributed by atoms with E-state index in [9.17, 15) is 22.5 Å². The van der Waals surface area contributed by atoms with Gasteiger partial charge in [0.15, 0.2) is 17.2 Å². The van der Waals surface area contributed by atoms with Gasteiger partial charge in [-0.15, -0.1) is 0 Å². The van der Waals surface area contributed by atoms with Crippen LogP contribution >= 0.6 is 7.44 Å². The van der Waals surface area contributed by atoms with E-state index in [0.717, 1.165) is 12.1 Å². The molecule has 3 aromatic rings. The van der Waals surface area contributed by atoms with E-state index in [1.54, 1.807) is 18.4 Å². The van der Waals surface area contributed by atoms with Crippen molar-refractivity contribution in [2.75, 3.05) is 18.7 Å². The van der Waals surface area contributed by atoms with Crippen LogP contribution in [-0.2, 0) is 25.4 Å². The van der Waals surface area contributed by atoms with Gasteiger partial charge in [0.05, 0.1) is 32.2 Å². The van der Waals surface area contributed by atoms with Crippen molar-refractivity contribution >= 4 is 36.1 Å². The molecule has 3 rings (SSSR count). The first-order chi connectivity index (χ1) is 19.2. The van der Waals surface area contributed by atoms with Crippen molar-refractivity contribution in [3.05, 3.63) is 53.9 Å². The van der Waals surface area contributed by atoms with Crippen LogP contribution in [0.15, 0.2) is 36.9 Å². The number of esters is 1. The largest absolute Gasteiger partial charge is 0.464 e. The number of carbonyl (C=O) groups is 1. The summed E-state index contributed by atoms with van der Waals surface area (Å²) < 4.78 is 69.5. The van der Waals surface area contributed by atoms with Crippen molar-refractivity contribution in [1.29, 1.82) is 0 Å². The number of carbonyl (C=O) groups excluding carboxylic acids is 1. The van der Waals surface area contributed by atoms with Crippen molar-refractivity contribution in [3.8, 4) is 0 Å². The van der Waals surface area contributed by atoms with E-state index in [0.29, 0.717) is 17.6 Å². The fourth-order valence-electron chi connectivity index (χ4n) is 3.85. The number of nitrogens with zero attached hydrogens (tertiary/aromatic N) is 5. The highest BCUT2D eigenvalue weighted by atomic mass is 31.2. The summed E-state index contributed by atoms with van der Waals surface area (Å²) in [4.78, 5) is 28.1. The molecule has 3 atom stereocenters. The number of imidazole rings is 1. The summed E-state index contributed by atoms with van der Waals surface area (Å²) >= 11 is 0. The maximum absolute atomic E-state index is 14.3. The van der Waals surface area contributed by atoms with E-state index in [4.69, 9.17) is 21.8 Å². The third kappa shape index (κ3) is 8.23. The van der Waals surface area contributed by atoms with Gasteiger partial charge in [-0.25, -0.2) is 30.0 Å². The van der Waals surface area contributed by atoms with Gasteiger partial charge in [0, 0.05) is 0 Å². The zero-order valence-corrected chi connectivity index (χ0v) is 23.9. The Labute approximate surface area is 235 Å². The Bertz CT molecular complexity index is 1440. The molecule has 0 radical (unpaired) electrons. The normalized spacial score (nSPS) is 15.2. The van der Waals surface area contributed by atoms with Crippen LogP contribution in [0.1, 0.15) is 45.7 Å². The number of rotatable bonds is 13. The quantitative estimate of drug-likeness (QED) is 0.144. The van der Waals surface area contributed by atoms with Gasteiger partial charge in [0.25, 0.3) is 0 Å². The Hall–Kier alpha value is -3.57. The van der Waals surface area contributed by atoms with Crippen molar-refractivity contribution in [3.63, 3.8) is 0 Å². The third-order valence-corrected chi connectivity index (χ3v) is 7.96. The minimum atomic E-state index is -4.88. The van der Waals surface area contributed by atoms with Gasteiger partial charge in [0.2, 0.25) is 7.44 Å². The number of nitrogen functional groups attached to an aromatic ring is 1. The molecule has 0 aliphatic rings. The number of alkyl halides is 3. The lowest BCUT2D eigenvalue weighted by Crippen LogP contribution is -2.50. The summed E-state index contributed by atoms with van der Waals surface area (Å²) in [5.41, 5.74) is 4.86. The SMILES string of the molecule is [C-]#[N+]c1ccc([C@H](NP(=O)(CO[C@H](C)Cn2cnc3c(N)ncnc32)NC(C)(C)C(=O)OCCC)C(F)(F)F)cc1. The van der Waals surface area contributed by atoms with Gasteiger partial charge < -0.3 is 19.8 Å². The number of halogens is 3. The van der Waals surface area contributed by atoms with Crippen LogP contribution in [0.3, 0.4) is 0 Å². The summed E-state index contributed by atoms with van der Waals surface area (Å²) in [6.45, 7) is 13.4. The predicted molar refractivity (Wildman–Crippen MR) is 146 cm³/mol. The Morgan fingerprint density at radius 3 is 2.51 bits per heavy atom. The zero-order valence-electron chi connectivity index (χ0n) is 23.0. The highest BCUT2D eigenvalue weighted by molar-refractivity contribution is 7.59. The lowest BCUT2D eigenvalue weighted by molar-refractivity contribution is -0.153. The molecule has 222 valence electrons. The molecule has 0 spiro atoms. The Morgan fingerprint density at radius 1 is 1.22 bits per heavy atom. The minimum absolute atomic E-state index is 0.0840. The van der Waals surface area contributed by atoms with Gasteiger partial charge in [-0.05, 0) is 32.8 Å². The maximum atomic E-state index is 14.3. The monoisotopic (exact) mass is 596 g/mol. The molecule has 0 aliphatic carbocycles. The molecule has 0 fully saturated rings. The zero-order chi connectivity index (χ0) is 30.4. The van der Waals surface area contributed by atoms with E-state index >= 15 is 0 Å². The summed E-state index contributed by atoms with van der Waals surface area (Å²) in [5, 5.41) is 4.76. The fourth-order valence-corrected chi connectivity index (χ4v) is 6.23. The molecule has 0 bridgehead atoms. The molecule has 12 nitrogen and oxygen atoms in total. The maximum Gasteiger partial charge on any atom is 0.408 e. The van der Waals surface area contributed by atoms with E-state index in [1.165, 1.54) is 38.6 Å². The number of ether oxygens (including phenoxy) is 2. The van der Waals surface area contributed by atoms with E-state index in [2.05, 4.69) is 30.0 Å². The third-order valence-electron chi connectivity index (χ3n) is 5.85. The average molecular weight is 597 g/mol. The van der Waals surface area contributed by atoms with Crippen LogP contribution < -0.4 is 15.9 Å². The van der Waals surface area contributed by atoms with Gasteiger partial charge in [-0.1, -0.05) is 31.2 Å². The molecule has 0 saturated heterocycles. The summed E-state index contributed by atoms with van der Waals surface area (Å²) in [7, 11) is -4.34. The van der Waals surface area contributed by atoms with Crippen molar-refractivity contribution < 1.29 is 32.0 Å².